The average Bonchev–Trinajstić information content (AvgIpc) is 2.45. The van der Waals surface area contributed by atoms with Crippen LogP contribution in [0.2, 0.25) is 0 Å². The van der Waals surface area contributed by atoms with Crippen LogP contribution in [0.3, 0.4) is 0 Å². The molecule has 0 radical (unpaired) electrons. The van der Waals surface area contributed by atoms with E-state index in [2.05, 4.69) is 0 Å². The zero-order chi connectivity index (χ0) is 18.4. The van der Waals surface area contributed by atoms with Gasteiger partial charge >= 0.3 is 5.51 Å². The van der Waals surface area contributed by atoms with Crippen molar-refractivity contribution in [3.8, 4) is 0 Å². The Bertz CT molecular complexity index is 619. The number of thioether (sulfide) groups is 1. The maximum Gasteiger partial charge on any atom is 0.445 e. The lowest BCUT2D eigenvalue weighted by Crippen LogP contribution is -2.39. The maximum atomic E-state index is 12.6. The van der Waals surface area contributed by atoms with Crippen molar-refractivity contribution in [3.05, 3.63) is 34.8 Å². The third kappa shape index (κ3) is 5.97. The third-order valence-electron chi connectivity index (χ3n) is 3.98. The van der Waals surface area contributed by atoms with Crippen molar-refractivity contribution in [1.29, 1.82) is 0 Å². The van der Waals surface area contributed by atoms with Crippen molar-refractivity contribution in [2.24, 2.45) is 0 Å². The molecule has 1 unspecified atom stereocenters. The topological polar surface area (TPSA) is 54.4 Å². The Morgan fingerprint density at radius 2 is 2.04 bits per heavy atom. The van der Waals surface area contributed by atoms with Crippen LogP contribution in [0.15, 0.2) is 34.8 Å². The monoisotopic (exact) mass is 384 g/mol. The van der Waals surface area contributed by atoms with E-state index in [4.69, 9.17) is 0 Å². The Hall–Kier alpha value is -0.730. The Morgan fingerprint density at radius 1 is 1.38 bits per heavy atom. The minimum absolute atomic E-state index is 0.0633. The summed E-state index contributed by atoms with van der Waals surface area (Å²) >= 11 is -0.378. The van der Waals surface area contributed by atoms with Crippen LogP contribution in [0.25, 0.3) is 0 Å². The molecule has 0 saturated heterocycles. The zero-order valence-corrected chi connectivity index (χ0v) is 15.4. The molecule has 1 aliphatic rings. The first kappa shape index (κ1) is 21.3. The van der Waals surface area contributed by atoms with E-state index in [0.717, 1.165) is 30.2 Å². The second-order valence-electron chi connectivity index (χ2n) is 5.87. The van der Waals surface area contributed by atoms with Gasteiger partial charge in [0.25, 0.3) is 10.1 Å². The molecule has 138 valence electrons. The summed E-state index contributed by atoms with van der Waals surface area (Å²) in [7, 11) is -4.60. The normalized spacial score (nSPS) is 22.6. The van der Waals surface area contributed by atoms with Crippen molar-refractivity contribution in [2.45, 2.75) is 62.6 Å². The lowest BCUT2D eigenvalue weighted by molar-refractivity contribution is -0.0320. The molecule has 1 atom stereocenters. The Morgan fingerprint density at radius 3 is 2.50 bits per heavy atom. The Balaban J connectivity index is 3.19. The van der Waals surface area contributed by atoms with Crippen LogP contribution in [0, 0.1) is 0 Å². The van der Waals surface area contributed by atoms with E-state index in [-0.39, 0.29) is 30.2 Å². The first-order valence-electron chi connectivity index (χ1n) is 7.79. The molecule has 24 heavy (non-hydrogen) atoms. The van der Waals surface area contributed by atoms with E-state index in [1.54, 1.807) is 13.0 Å². The largest absolute Gasteiger partial charge is 0.445 e. The van der Waals surface area contributed by atoms with Gasteiger partial charge in [0.05, 0.1) is 0 Å². The molecular weight excluding hydrogens is 361 g/mol. The molecule has 0 bridgehead atoms. The van der Waals surface area contributed by atoms with Crippen LogP contribution in [-0.4, -0.2) is 23.2 Å². The molecule has 1 aliphatic carbocycles. The van der Waals surface area contributed by atoms with Crippen molar-refractivity contribution in [3.63, 3.8) is 0 Å². The quantitative estimate of drug-likeness (QED) is 0.435. The summed E-state index contributed by atoms with van der Waals surface area (Å²) in [5, 5.41) is 0.846. The highest BCUT2D eigenvalue weighted by atomic mass is 32.2. The summed E-state index contributed by atoms with van der Waals surface area (Å²) in [6.45, 7) is 3.77. The minimum atomic E-state index is -4.60. The number of alkyl halides is 3. The second-order valence-corrected chi connectivity index (χ2v) is 8.48. The summed E-state index contributed by atoms with van der Waals surface area (Å²) < 4.78 is 69.7. The molecule has 1 N–H and O–H groups in total. The predicted octanol–water partition coefficient (Wildman–Crippen LogP) is 5.63. The molecule has 0 amide bonds. The van der Waals surface area contributed by atoms with Crippen LogP contribution in [0.4, 0.5) is 13.2 Å². The molecule has 0 spiro atoms. The molecule has 0 aromatic carbocycles. The van der Waals surface area contributed by atoms with E-state index >= 15 is 0 Å². The molecule has 0 aliphatic heterocycles. The number of hydrogen-bond acceptors (Lipinski definition) is 3. The first-order chi connectivity index (χ1) is 11.0. The molecule has 0 saturated carbocycles. The third-order valence-corrected chi connectivity index (χ3v) is 6.14. The lowest BCUT2D eigenvalue weighted by atomic mass is 9.87. The smallest absolute Gasteiger partial charge is 0.285 e. The highest BCUT2D eigenvalue weighted by Crippen LogP contribution is 2.42. The zero-order valence-electron chi connectivity index (χ0n) is 13.8. The fraction of sp³-hybridized carbons (Fsp3) is 0.625. The predicted molar refractivity (Wildman–Crippen MR) is 92.3 cm³/mol. The molecule has 0 aromatic heterocycles. The SMILES string of the molecule is CCCCCC/C(=C\SC(F)(F)F)C1(S(=O)(=O)O)C=CC(C)=CC1. The van der Waals surface area contributed by atoms with Gasteiger partial charge < -0.3 is 0 Å². The van der Waals surface area contributed by atoms with Crippen molar-refractivity contribution in [2.75, 3.05) is 0 Å². The van der Waals surface area contributed by atoms with E-state index < -0.39 is 20.4 Å². The molecule has 0 heterocycles. The van der Waals surface area contributed by atoms with Gasteiger partial charge in [0, 0.05) is 0 Å². The Labute approximate surface area is 145 Å². The van der Waals surface area contributed by atoms with E-state index in [0.29, 0.717) is 6.42 Å². The fourth-order valence-corrected chi connectivity index (χ4v) is 4.27. The average molecular weight is 384 g/mol. The van der Waals surface area contributed by atoms with Gasteiger partial charge in [0.15, 0.2) is 0 Å². The lowest BCUT2D eigenvalue weighted by Gasteiger charge is -2.32. The van der Waals surface area contributed by atoms with Gasteiger partial charge in [-0.3, -0.25) is 4.55 Å². The molecule has 8 heteroatoms. The number of hydrogen-bond donors (Lipinski definition) is 1. The van der Waals surface area contributed by atoms with Crippen LogP contribution in [-0.2, 0) is 10.1 Å². The van der Waals surface area contributed by atoms with Crippen LogP contribution in [0.5, 0.6) is 0 Å². The number of rotatable bonds is 8. The number of allylic oxidation sites excluding steroid dienone is 3. The van der Waals surface area contributed by atoms with Crippen LogP contribution in [0.1, 0.15) is 52.4 Å². The summed E-state index contributed by atoms with van der Waals surface area (Å²) in [5.74, 6) is 0. The van der Waals surface area contributed by atoms with Gasteiger partial charge in [0.2, 0.25) is 0 Å². The van der Waals surface area contributed by atoms with Gasteiger partial charge in [-0.1, -0.05) is 50.0 Å². The fourth-order valence-electron chi connectivity index (χ4n) is 2.56. The van der Waals surface area contributed by atoms with E-state index in [9.17, 15) is 26.1 Å². The van der Waals surface area contributed by atoms with Gasteiger partial charge in [-0.15, -0.1) is 0 Å². The summed E-state index contributed by atoms with van der Waals surface area (Å²) in [6, 6.07) is 0. The van der Waals surface area contributed by atoms with Crippen molar-refractivity contribution in [1.82, 2.24) is 0 Å². The standard InChI is InChI=1S/C16H23F3O3S2/c1-3-4-5-6-7-14(12-23-16(17,18)19)15(24(20,21)22)10-8-13(2)9-11-15/h8-10,12H,3-7,11H2,1-2H3,(H,20,21,22)/b14-12+. The van der Waals surface area contributed by atoms with Gasteiger partial charge in [-0.25, -0.2) is 0 Å². The molecule has 0 fully saturated rings. The minimum Gasteiger partial charge on any atom is -0.285 e. The number of unbranched alkanes of at least 4 members (excludes halogenated alkanes) is 3. The van der Waals surface area contributed by atoms with E-state index in [1.165, 1.54) is 12.2 Å². The van der Waals surface area contributed by atoms with Gasteiger partial charge in [0.1, 0.15) is 4.75 Å². The number of halogens is 3. The van der Waals surface area contributed by atoms with Crippen LogP contribution < -0.4 is 0 Å². The highest BCUT2D eigenvalue weighted by molar-refractivity contribution is 8.03. The van der Waals surface area contributed by atoms with Crippen molar-refractivity contribution < 1.29 is 26.1 Å². The van der Waals surface area contributed by atoms with Gasteiger partial charge in [-0.05, 0) is 48.9 Å². The highest BCUT2D eigenvalue weighted by Gasteiger charge is 2.44. The molecular formula is C16H23F3O3S2. The van der Waals surface area contributed by atoms with Gasteiger partial charge in [-0.2, -0.15) is 21.6 Å². The van der Waals surface area contributed by atoms with Crippen LogP contribution >= 0.6 is 11.8 Å². The molecule has 1 rings (SSSR count). The summed E-state index contributed by atoms with van der Waals surface area (Å²) in [4.78, 5) is 0. The molecule has 0 aromatic rings. The Kier molecular flexibility index (Phi) is 7.62. The maximum absolute atomic E-state index is 12.6. The molecule has 3 nitrogen and oxygen atoms in total. The van der Waals surface area contributed by atoms with Crippen molar-refractivity contribution >= 4 is 21.9 Å². The van der Waals surface area contributed by atoms with E-state index in [1.807, 2.05) is 6.92 Å². The second kappa shape index (κ2) is 8.58. The summed E-state index contributed by atoms with van der Waals surface area (Å²) in [6.07, 6.45) is 7.83. The first-order valence-corrected chi connectivity index (χ1v) is 10.1. The summed E-state index contributed by atoms with van der Waals surface area (Å²) in [5.41, 5.74) is -3.61.